The SMILES string of the molecule is COc1cc(C[C@@H](N)C(=O)OC(C)(C)C)cc(OC)c1OC. The van der Waals surface area contributed by atoms with Crippen molar-refractivity contribution in [2.24, 2.45) is 5.73 Å². The highest BCUT2D eigenvalue weighted by atomic mass is 16.6. The van der Waals surface area contributed by atoms with E-state index in [1.807, 2.05) is 0 Å². The Kier molecular flexibility index (Phi) is 6.05. The maximum absolute atomic E-state index is 12.0. The first-order valence-corrected chi connectivity index (χ1v) is 6.99. The molecule has 124 valence electrons. The van der Waals surface area contributed by atoms with Crippen LogP contribution in [-0.2, 0) is 16.0 Å². The van der Waals surface area contributed by atoms with E-state index in [1.165, 1.54) is 21.3 Å². The van der Waals surface area contributed by atoms with Crippen LogP contribution in [0.1, 0.15) is 26.3 Å². The van der Waals surface area contributed by atoms with E-state index in [0.29, 0.717) is 23.7 Å². The molecule has 22 heavy (non-hydrogen) atoms. The normalized spacial score (nSPS) is 12.5. The van der Waals surface area contributed by atoms with E-state index in [1.54, 1.807) is 32.9 Å². The molecule has 0 heterocycles. The Balaban J connectivity index is 2.96. The fraction of sp³-hybridized carbons (Fsp3) is 0.562. The lowest BCUT2D eigenvalue weighted by molar-refractivity contribution is -0.156. The van der Waals surface area contributed by atoms with Crippen LogP contribution in [0.3, 0.4) is 0 Å². The lowest BCUT2D eigenvalue weighted by atomic mass is 10.0. The predicted octanol–water partition coefficient (Wildman–Crippen LogP) is 1.92. The van der Waals surface area contributed by atoms with Gasteiger partial charge in [0.25, 0.3) is 0 Å². The van der Waals surface area contributed by atoms with Crippen LogP contribution in [0.5, 0.6) is 17.2 Å². The summed E-state index contributed by atoms with van der Waals surface area (Å²) >= 11 is 0. The van der Waals surface area contributed by atoms with Gasteiger partial charge in [-0.3, -0.25) is 4.79 Å². The van der Waals surface area contributed by atoms with Crippen molar-refractivity contribution in [2.75, 3.05) is 21.3 Å². The zero-order valence-corrected chi connectivity index (χ0v) is 14.1. The van der Waals surface area contributed by atoms with Gasteiger partial charge in [-0.2, -0.15) is 0 Å². The summed E-state index contributed by atoms with van der Waals surface area (Å²) in [5.41, 5.74) is 6.16. The largest absolute Gasteiger partial charge is 0.493 e. The third-order valence-electron chi connectivity index (χ3n) is 2.89. The van der Waals surface area contributed by atoms with Crippen molar-refractivity contribution in [2.45, 2.75) is 38.8 Å². The molecule has 0 amide bonds. The first-order chi connectivity index (χ1) is 10.2. The maximum atomic E-state index is 12.0. The first-order valence-electron chi connectivity index (χ1n) is 6.99. The third kappa shape index (κ3) is 4.80. The number of hydrogen-bond donors (Lipinski definition) is 1. The highest BCUT2D eigenvalue weighted by Crippen LogP contribution is 2.38. The summed E-state index contributed by atoms with van der Waals surface area (Å²) in [6, 6.07) is 2.78. The molecule has 6 heteroatoms. The number of esters is 1. The molecule has 0 spiro atoms. The summed E-state index contributed by atoms with van der Waals surface area (Å²) < 4.78 is 21.1. The molecule has 1 aromatic rings. The van der Waals surface area contributed by atoms with Gasteiger partial charge in [0.1, 0.15) is 11.6 Å². The van der Waals surface area contributed by atoms with E-state index in [4.69, 9.17) is 24.7 Å². The summed E-state index contributed by atoms with van der Waals surface area (Å²) in [5.74, 6) is 1.10. The summed E-state index contributed by atoms with van der Waals surface area (Å²) in [6.45, 7) is 5.41. The molecule has 0 fully saturated rings. The molecule has 0 radical (unpaired) electrons. The average molecular weight is 311 g/mol. The summed E-state index contributed by atoms with van der Waals surface area (Å²) in [4.78, 5) is 12.0. The van der Waals surface area contributed by atoms with Crippen molar-refractivity contribution in [3.05, 3.63) is 17.7 Å². The van der Waals surface area contributed by atoms with Gasteiger partial charge in [-0.1, -0.05) is 0 Å². The van der Waals surface area contributed by atoms with Gasteiger partial charge in [0.15, 0.2) is 11.5 Å². The van der Waals surface area contributed by atoms with Gasteiger partial charge in [0.2, 0.25) is 5.75 Å². The standard InChI is InChI=1S/C16H25NO5/c1-16(2,3)22-15(18)11(17)7-10-8-12(19-4)14(21-6)13(9-10)20-5/h8-9,11H,7,17H2,1-6H3/t11-/m1/s1. The molecule has 1 rings (SSSR count). The van der Waals surface area contributed by atoms with Crippen LogP contribution in [0.2, 0.25) is 0 Å². The zero-order chi connectivity index (χ0) is 16.9. The number of rotatable bonds is 6. The highest BCUT2D eigenvalue weighted by Gasteiger charge is 2.23. The minimum Gasteiger partial charge on any atom is -0.493 e. The smallest absolute Gasteiger partial charge is 0.323 e. The fourth-order valence-electron chi connectivity index (χ4n) is 1.97. The summed E-state index contributed by atoms with van der Waals surface area (Å²) in [5, 5.41) is 0. The van der Waals surface area contributed by atoms with E-state index < -0.39 is 17.6 Å². The maximum Gasteiger partial charge on any atom is 0.323 e. The van der Waals surface area contributed by atoms with E-state index in [-0.39, 0.29) is 0 Å². The first kappa shape index (κ1) is 18.1. The average Bonchev–Trinajstić information content (AvgIpc) is 2.44. The van der Waals surface area contributed by atoms with Crippen LogP contribution in [0.4, 0.5) is 0 Å². The van der Waals surface area contributed by atoms with Crippen molar-refractivity contribution in [1.82, 2.24) is 0 Å². The second kappa shape index (κ2) is 7.35. The van der Waals surface area contributed by atoms with Gasteiger partial charge >= 0.3 is 5.97 Å². The minimum absolute atomic E-state index is 0.311. The molecule has 1 atom stereocenters. The Morgan fingerprint density at radius 1 is 1.09 bits per heavy atom. The Bertz CT molecular complexity index is 497. The van der Waals surface area contributed by atoms with Gasteiger partial charge in [-0.05, 0) is 44.9 Å². The second-order valence-electron chi connectivity index (χ2n) is 5.88. The van der Waals surface area contributed by atoms with Gasteiger partial charge in [0.05, 0.1) is 21.3 Å². The number of hydrogen-bond acceptors (Lipinski definition) is 6. The van der Waals surface area contributed by atoms with Gasteiger partial charge in [-0.15, -0.1) is 0 Å². The molecule has 0 unspecified atom stereocenters. The Morgan fingerprint density at radius 3 is 1.95 bits per heavy atom. The van der Waals surface area contributed by atoms with Gasteiger partial charge in [0, 0.05) is 0 Å². The van der Waals surface area contributed by atoms with Crippen molar-refractivity contribution in [1.29, 1.82) is 0 Å². The number of nitrogens with two attached hydrogens (primary N) is 1. The van der Waals surface area contributed by atoms with Gasteiger partial charge in [-0.25, -0.2) is 0 Å². The molecule has 0 bridgehead atoms. The molecular weight excluding hydrogens is 286 g/mol. The second-order valence-corrected chi connectivity index (χ2v) is 5.88. The predicted molar refractivity (Wildman–Crippen MR) is 83.6 cm³/mol. The van der Waals surface area contributed by atoms with Crippen molar-refractivity contribution in [3.63, 3.8) is 0 Å². The number of ether oxygens (including phenoxy) is 4. The molecule has 6 nitrogen and oxygen atoms in total. The molecule has 0 aromatic heterocycles. The molecule has 1 aromatic carbocycles. The monoisotopic (exact) mass is 311 g/mol. The third-order valence-corrected chi connectivity index (χ3v) is 2.89. The Hall–Kier alpha value is -1.95. The van der Waals surface area contributed by atoms with Crippen LogP contribution in [0.25, 0.3) is 0 Å². The topological polar surface area (TPSA) is 80.0 Å². The molecule has 0 saturated heterocycles. The lowest BCUT2D eigenvalue weighted by Crippen LogP contribution is -2.38. The van der Waals surface area contributed by atoms with E-state index in [2.05, 4.69) is 0 Å². The summed E-state index contributed by atoms with van der Waals surface area (Å²) in [7, 11) is 4.61. The number of carbonyl (C=O) groups is 1. The highest BCUT2D eigenvalue weighted by molar-refractivity contribution is 5.76. The molecule has 0 aliphatic carbocycles. The lowest BCUT2D eigenvalue weighted by Gasteiger charge is -2.22. The molecule has 0 aliphatic rings. The van der Waals surface area contributed by atoms with Crippen LogP contribution in [0.15, 0.2) is 12.1 Å². The van der Waals surface area contributed by atoms with E-state index >= 15 is 0 Å². The number of benzene rings is 1. The Morgan fingerprint density at radius 2 is 1.59 bits per heavy atom. The molecule has 0 saturated carbocycles. The van der Waals surface area contributed by atoms with Crippen molar-refractivity contribution in [3.8, 4) is 17.2 Å². The van der Waals surface area contributed by atoms with Crippen LogP contribution >= 0.6 is 0 Å². The molecular formula is C16H25NO5. The zero-order valence-electron chi connectivity index (χ0n) is 14.1. The quantitative estimate of drug-likeness (QED) is 0.809. The number of methoxy groups -OCH3 is 3. The van der Waals surface area contributed by atoms with Crippen LogP contribution < -0.4 is 19.9 Å². The van der Waals surface area contributed by atoms with E-state index in [9.17, 15) is 4.79 Å². The van der Waals surface area contributed by atoms with Crippen LogP contribution in [-0.4, -0.2) is 38.9 Å². The molecule has 0 aliphatic heterocycles. The van der Waals surface area contributed by atoms with E-state index in [0.717, 1.165) is 5.56 Å². The molecule has 2 N–H and O–H groups in total. The number of carbonyl (C=O) groups excluding carboxylic acids is 1. The van der Waals surface area contributed by atoms with Crippen LogP contribution in [0, 0.1) is 0 Å². The van der Waals surface area contributed by atoms with Crippen molar-refractivity contribution < 1.29 is 23.7 Å². The van der Waals surface area contributed by atoms with Gasteiger partial charge < -0.3 is 24.7 Å². The Labute approximate surface area is 131 Å². The van der Waals surface area contributed by atoms with Crippen molar-refractivity contribution >= 4 is 5.97 Å². The fourth-order valence-corrected chi connectivity index (χ4v) is 1.97. The minimum atomic E-state index is -0.762. The summed E-state index contributed by atoms with van der Waals surface area (Å²) in [6.07, 6.45) is 0.311.